The van der Waals surface area contributed by atoms with E-state index in [9.17, 15) is 4.79 Å². The zero-order valence-electron chi connectivity index (χ0n) is 10.2. The minimum absolute atomic E-state index is 0.102. The van der Waals surface area contributed by atoms with Gasteiger partial charge in [0, 0.05) is 17.3 Å². The number of rotatable bonds is 4. The Morgan fingerprint density at radius 1 is 1.58 bits per heavy atom. The Balaban J connectivity index is 1.98. The smallest absolute Gasteiger partial charge is 0.237 e. The fraction of sp³-hybridized carbons (Fsp3) is 0.154. The molecule has 1 N–H and O–H groups in total. The highest BCUT2D eigenvalue weighted by atomic mass is 32.2. The lowest BCUT2D eigenvalue weighted by molar-refractivity contribution is -0.115. The summed E-state index contributed by atoms with van der Waals surface area (Å²) in [6.45, 7) is 1.83. The maximum absolute atomic E-state index is 12.0. The predicted molar refractivity (Wildman–Crippen MR) is 77.2 cm³/mol. The lowest BCUT2D eigenvalue weighted by atomic mass is 10.2. The van der Waals surface area contributed by atoms with Crippen molar-refractivity contribution in [1.82, 2.24) is 4.98 Å². The maximum Gasteiger partial charge on any atom is 0.237 e. The van der Waals surface area contributed by atoms with Crippen LogP contribution in [0.5, 0.6) is 0 Å². The third-order valence-corrected chi connectivity index (χ3v) is 4.33. The summed E-state index contributed by atoms with van der Waals surface area (Å²) in [5.41, 5.74) is 1.16. The molecule has 0 saturated heterocycles. The summed E-state index contributed by atoms with van der Waals surface area (Å²) < 4.78 is 0.869. The van der Waals surface area contributed by atoms with Gasteiger partial charge in [-0.05, 0) is 25.1 Å². The number of nitriles is 1. The van der Waals surface area contributed by atoms with Crippen molar-refractivity contribution in [3.63, 3.8) is 0 Å². The number of nitrogens with one attached hydrogen (secondary N) is 1. The molecule has 6 heteroatoms. The van der Waals surface area contributed by atoms with E-state index in [1.165, 1.54) is 23.1 Å². The highest BCUT2D eigenvalue weighted by Gasteiger charge is 2.15. The summed E-state index contributed by atoms with van der Waals surface area (Å²) in [6, 6.07) is 8.90. The van der Waals surface area contributed by atoms with Crippen molar-refractivity contribution in [3.8, 4) is 6.07 Å². The number of carbonyl (C=O) groups excluding carboxylic acids is 1. The number of thioether (sulfide) groups is 1. The maximum atomic E-state index is 12.0. The van der Waals surface area contributed by atoms with Gasteiger partial charge in [-0.1, -0.05) is 17.8 Å². The summed E-state index contributed by atoms with van der Waals surface area (Å²) in [6.07, 6.45) is 1.72. The normalized spacial score (nSPS) is 11.6. The van der Waals surface area contributed by atoms with Gasteiger partial charge in [-0.2, -0.15) is 5.26 Å². The minimum atomic E-state index is -0.239. The minimum Gasteiger partial charge on any atom is -0.325 e. The number of nitrogens with zero attached hydrogens (tertiary/aromatic N) is 2. The van der Waals surface area contributed by atoms with Crippen LogP contribution in [-0.4, -0.2) is 16.1 Å². The van der Waals surface area contributed by atoms with Gasteiger partial charge in [0.25, 0.3) is 0 Å². The second-order valence-electron chi connectivity index (χ2n) is 3.74. The molecular formula is C13H11N3OS2. The molecule has 0 bridgehead atoms. The predicted octanol–water partition coefficient (Wildman–Crippen LogP) is 3.13. The first-order chi connectivity index (χ1) is 9.19. The molecule has 1 atom stereocenters. The number of hydrogen-bond acceptors (Lipinski definition) is 5. The van der Waals surface area contributed by atoms with Crippen molar-refractivity contribution in [2.45, 2.75) is 16.5 Å². The van der Waals surface area contributed by atoms with Gasteiger partial charge in [-0.25, -0.2) is 4.98 Å². The van der Waals surface area contributed by atoms with Crippen molar-refractivity contribution in [2.75, 3.05) is 5.32 Å². The fourth-order valence-electron chi connectivity index (χ4n) is 1.38. The van der Waals surface area contributed by atoms with Crippen LogP contribution in [0.2, 0.25) is 0 Å². The van der Waals surface area contributed by atoms with Gasteiger partial charge in [0.2, 0.25) is 5.91 Å². The van der Waals surface area contributed by atoms with Gasteiger partial charge < -0.3 is 5.32 Å². The molecule has 1 aromatic heterocycles. The molecule has 2 rings (SSSR count). The van der Waals surface area contributed by atoms with Crippen LogP contribution in [0.3, 0.4) is 0 Å². The molecular weight excluding hydrogens is 278 g/mol. The van der Waals surface area contributed by atoms with Crippen LogP contribution in [0.15, 0.2) is 40.2 Å². The van der Waals surface area contributed by atoms with E-state index in [0.29, 0.717) is 11.3 Å². The van der Waals surface area contributed by atoms with E-state index in [4.69, 9.17) is 5.26 Å². The van der Waals surface area contributed by atoms with Gasteiger partial charge in [-0.3, -0.25) is 4.79 Å². The van der Waals surface area contributed by atoms with E-state index < -0.39 is 0 Å². The van der Waals surface area contributed by atoms with E-state index in [-0.39, 0.29) is 11.2 Å². The van der Waals surface area contributed by atoms with Crippen molar-refractivity contribution in [1.29, 1.82) is 5.26 Å². The molecule has 19 heavy (non-hydrogen) atoms. The van der Waals surface area contributed by atoms with Crippen LogP contribution in [0, 0.1) is 11.3 Å². The third-order valence-electron chi connectivity index (χ3n) is 2.32. The Morgan fingerprint density at radius 3 is 3.11 bits per heavy atom. The molecule has 1 unspecified atom stereocenters. The highest BCUT2D eigenvalue weighted by molar-refractivity contribution is 8.02. The summed E-state index contributed by atoms with van der Waals surface area (Å²) in [5.74, 6) is -0.102. The topological polar surface area (TPSA) is 65.8 Å². The number of carbonyl (C=O) groups is 1. The second-order valence-corrected chi connectivity index (χ2v) is 6.22. The van der Waals surface area contributed by atoms with E-state index in [1.807, 2.05) is 18.4 Å². The summed E-state index contributed by atoms with van der Waals surface area (Å²) >= 11 is 2.93. The summed E-state index contributed by atoms with van der Waals surface area (Å²) in [4.78, 5) is 16.1. The lowest BCUT2D eigenvalue weighted by Crippen LogP contribution is -2.22. The van der Waals surface area contributed by atoms with E-state index in [1.54, 1.807) is 30.5 Å². The lowest BCUT2D eigenvalue weighted by Gasteiger charge is -2.10. The largest absolute Gasteiger partial charge is 0.325 e. The van der Waals surface area contributed by atoms with Crippen LogP contribution in [0.4, 0.5) is 5.69 Å². The van der Waals surface area contributed by atoms with Crippen LogP contribution < -0.4 is 5.32 Å². The molecule has 0 spiro atoms. The molecule has 96 valence electrons. The zero-order chi connectivity index (χ0) is 13.7. The number of hydrogen-bond donors (Lipinski definition) is 1. The SMILES string of the molecule is CC(Sc1nccs1)C(=O)Nc1cccc(C#N)c1. The van der Waals surface area contributed by atoms with Crippen molar-refractivity contribution in [2.24, 2.45) is 0 Å². The van der Waals surface area contributed by atoms with Crippen molar-refractivity contribution in [3.05, 3.63) is 41.4 Å². The number of aromatic nitrogens is 1. The van der Waals surface area contributed by atoms with Gasteiger partial charge in [0.05, 0.1) is 16.9 Å². The van der Waals surface area contributed by atoms with E-state index >= 15 is 0 Å². The number of anilines is 1. The third kappa shape index (κ3) is 3.81. The van der Waals surface area contributed by atoms with Crippen molar-refractivity contribution >= 4 is 34.7 Å². The second kappa shape index (κ2) is 6.36. The fourth-order valence-corrected chi connectivity index (χ4v) is 3.16. The summed E-state index contributed by atoms with van der Waals surface area (Å²) in [7, 11) is 0. The molecule has 0 aliphatic carbocycles. The molecule has 0 radical (unpaired) electrons. The van der Waals surface area contributed by atoms with Crippen LogP contribution in [0.1, 0.15) is 12.5 Å². The molecule has 1 amide bonds. The van der Waals surface area contributed by atoms with Gasteiger partial charge in [0.15, 0.2) is 4.34 Å². The van der Waals surface area contributed by atoms with Crippen molar-refractivity contribution < 1.29 is 4.79 Å². The average Bonchev–Trinajstić information content (AvgIpc) is 2.91. The summed E-state index contributed by atoms with van der Waals surface area (Å²) in [5, 5.41) is 13.2. The Bertz CT molecular complexity index is 605. The Hall–Kier alpha value is -1.84. The molecule has 0 saturated carbocycles. The first kappa shape index (κ1) is 13.6. The molecule has 0 fully saturated rings. The molecule has 0 aliphatic heterocycles. The first-order valence-electron chi connectivity index (χ1n) is 5.56. The number of benzene rings is 1. The van der Waals surface area contributed by atoms with Crippen LogP contribution in [0.25, 0.3) is 0 Å². The zero-order valence-corrected chi connectivity index (χ0v) is 11.8. The van der Waals surface area contributed by atoms with Gasteiger partial charge >= 0.3 is 0 Å². The highest BCUT2D eigenvalue weighted by Crippen LogP contribution is 2.25. The van der Waals surface area contributed by atoms with E-state index in [2.05, 4.69) is 10.3 Å². The standard InChI is InChI=1S/C13H11N3OS2/c1-9(19-13-15-5-6-18-13)12(17)16-11-4-2-3-10(7-11)8-14/h2-7,9H,1H3,(H,16,17). The number of thiazole rings is 1. The monoisotopic (exact) mass is 289 g/mol. The Morgan fingerprint density at radius 2 is 2.42 bits per heavy atom. The van der Waals surface area contributed by atoms with E-state index in [0.717, 1.165) is 4.34 Å². The first-order valence-corrected chi connectivity index (χ1v) is 7.32. The molecule has 0 aliphatic rings. The molecule has 2 aromatic rings. The average molecular weight is 289 g/mol. The van der Waals surface area contributed by atoms with Gasteiger partial charge in [-0.15, -0.1) is 11.3 Å². The van der Waals surface area contributed by atoms with Gasteiger partial charge in [0.1, 0.15) is 0 Å². The van der Waals surface area contributed by atoms with Crippen LogP contribution in [-0.2, 0) is 4.79 Å². The Kier molecular flexibility index (Phi) is 4.55. The molecule has 1 aromatic carbocycles. The molecule has 1 heterocycles. The molecule has 4 nitrogen and oxygen atoms in total. The number of amides is 1. The van der Waals surface area contributed by atoms with Crippen LogP contribution >= 0.6 is 23.1 Å². The quantitative estimate of drug-likeness (QED) is 0.878. The Labute approximate surface area is 119 Å².